The van der Waals surface area contributed by atoms with Gasteiger partial charge in [0.05, 0.1) is 41.9 Å². The Kier molecular flexibility index (Phi) is 4.95. The summed E-state index contributed by atoms with van der Waals surface area (Å²) in [4.78, 5) is 21.6. The number of hydrogen-bond donors (Lipinski definition) is 0. The fraction of sp³-hybridized carbons (Fsp3) is 0.292. The van der Waals surface area contributed by atoms with Crippen LogP contribution in [0, 0.1) is 0 Å². The molecule has 33 heavy (non-hydrogen) atoms. The van der Waals surface area contributed by atoms with Crippen molar-refractivity contribution in [2.24, 2.45) is 0 Å². The van der Waals surface area contributed by atoms with E-state index in [-0.39, 0.29) is 12.2 Å². The van der Waals surface area contributed by atoms with Gasteiger partial charge in [-0.3, -0.25) is 4.79 Å². The Morgan fingerprint density at radius 1 is 1.09 bits per heavy atom. The first-order valence-electron chi connectivity index (χ1n) is 11.1. The second kappa shape index (κ2) is 8.12. The molecule has 0 amide bonds. The lowest BCUT2D eigenvalue weighted by molar-refractivity contribution is -0.118. The lowest BCUT2D eigenvalue weighted by Gasteiger charge is -2.00. The minimum Gasteiger partial charge on any atom is -0.306 e. The normalized spacial score (nSPS) is 13.8. The molecule has 0 aromatic carbocycles. The van der Waals surface area contributed by atoms with Crippen LogP contribution in [-0.2, 0) is 24.2 Å². The molecule has 9 heteroatoms. The Morgan fingerprint density at radius 2 is 2.00 bits per heavy atom. The number of aromatic nitrogens is 7. The van der Waals surface area contributed by atoms with Gasteiger partial charge in [-0.1, -0.05) is 22.9 Å². The van der Waals surface area contributed by atoms with E-state index in [0.717, 1.165) is 28.2 Å². The third-order valence-electron chi connectivity index (χ3n) is 6.09. The van der Waals surface area contributed by atoms with Crippen LogP contribution in [0.5, 0.6) is 0 Å². The molecule has 166 valence electrons. The number of carbonyl (C=O) groups excluding carboxylic acids is 1. The van der Waals surface area contributed by atoms with Gasteiger partial charge in [0.1, 0.15) is 11.4 Å². The Bertz CT molecular complexity index is 1480. The van der Waals surface area contributed by atoms with E-state index in [1.54, 1.807) is 17.1 Å². The maximum absolute atomic E-state index is 12.5. The van der Waals surface area contributed by atoms with Crippen LogP contribution in [0.4, 0.5) is 0 Å². The van der Waals surface area contributed by atoms with Gasteiger partial charge >= 0.3 is 0 Å². The highest BCUT2D eigenvalue weighted by Crippen LogP contribution is 2.39. The van der Waals surface area contributed by atoms with Crippen molar-refractivity contribution < 1.29 is 4.79 Å². The molecule has 0 spiro atoms. The fourth-order valence-electron chi connectivity index (χ4n) is 4.19. The highest BCUT2D eigenvalue weighted by molar-refractivity contribution is 6.30. The number of pyridine rings is 2. The Morgan fingerprint density at radius 3 is 2.88 bits per heavy atom. The molecule has 1 fully saturated rings. The summed E-state index contributed by atoms with van der Waals surface area (Å²) in [7, 11) is 0. The van der Waals surface area contributed by atoms with Crippen molar-refractivity contribution >= 4 is 28.5 Å². The molecule has 5 aromatic rings. The highest BCUT2D eigenvalue weighted by atomic mass is 35.5. The molecule has 0 N–H and O–H groups in total. The lowest BCUT2D eigenvalue weighted by Crippen LogP contribution is -2.05. The van der Waals surface area contributed by atoms with Gasteiger partial charge in [-0.25, -0.2) is 14.6 Å². The van der Waals surface area contributed by atoms with E-state index in [2.05, 4.69) is 43.0 Å². The molecule has 8 nitrogen and oxygen atoms in total. The second-order valence-corrected chi connectivity index (χ2v) is 9.12. The van der Waals surface area contributed by atoms with Gasteiger partial charge in [-0.15, -0.1) is 5.10 Å². The minimum absolute atomic E-state index is 0.108. The molecule has 0 saturated heterocycles. The van der Waals surface area contributed by atoms with Crippen LogP contribution in [0.1, 0.15) is 47.8 Å². The van der Waals surface area contributed by atoms with Crippen molar-refractivity contribution in [1.82, 2.24) is 33.8 Å². The number of aryl methyl sites for hydroxylation is 1. The number of rotatable bonds is 8. The van der Waals surface area contributed by atoms with Gasteiger partial charge < -0.3 is 8.80 Å². The van der Waals surface area contributed by atoms with Crippen LogP contribution in [0.3, 0.4) is 0 Å². The first-order chi connectivity index (χ1) is 16.1. The number of carbonyl (C=O) groups is 1. The topological polar surface area (TPSA) is 82.4 Å². The Labute approximate surface area is 194 Å². The smallest absolute Gasteiger partial charge is 0.139 e. The molecule has 0 unspecified atom stereocenters. The van der Waals surface area contributed by atoms with Crippen molar-refractivity contribution in [3.05, 3.63) is 83.0 Å². The van der Waals surface area contributed by atoms with Gasteiger partial charge in [0.25, 0.3) is 0 Å². The SMILES string of the molecule is O=C(CCc1cn(Cc2cn3cc(C4CC4)ccc3n2)nn1)Cc1ncn2ccc(Cl)cc12. The standard InChI is InChI=1S/C24H22ClN7O/c25-18-7-8-30-15-26-22(23(30)9-18)10-21(33)5-4-19-13-32(29-28-19)14-20-12-31-11-17(16-1-2-16)3-6-24(31)27-20/h3,6-9,11-13,15-16H,1-2,4-5,10,14H2. The molecular formula is C24H22ClN7O. The molecule has 0 bridgehead atoms. The molecule has 5 aromatic heterocycles. The van der Waals surface area contributed by atoms with Crippen LogP contribution in [-0.4, -0.2) is 39.5 Å². The summed E-state index contributed by atoms with van der Waals surface area (Å²) in [5, 5.41) is 9.08. The summed E-state index contributed by atoms with van der Waals surface area (Å²) in [6.07, 6.45) is 13.4. The molecule has 6 rings (SSSR count). The monoisotopic (exact) mass is 459 g/mol. The van der Waals surface area contributed by atoms with Gasteiger partial charge in [0, 0.05) is 42.7 Å². The van der Waals surface area contributed by atoms with E-state index in [1.807, 2.05) is 29.1 Å². The molecule has 0 radical (unpaired) electrons. The number of halogens is 1. The van der Waals surface area contributed by atoms with E-state index in [0.29, 0.717) is 30.3 Å². The summed E-state index contributed by atoms with van der Waals surface area (Å²) < 4.78 is 5.73. The van der Waals surface area contributed by atoms with Crippen LogP contribution in [0.2, 0.25) is 5.02 Å². The summed E-state index contributed by atoms with van der Waals surface area (Å²) in [6.45, 7) is 0.544. The predicted molar refractivity (Wildman–Crippen MR) is 124 cm³/mol. The van der Waals surface area contributed by atoms with E-state index >= 15 is 0 Å². The van der Waals surface area contributed by atoms with Crippen molar-refractivity contribution in [2.45, 2.75) is 44.6 Å². The van der Waals surface area contributed by atoms with E-state index in [1.165, 1.54) is 18.4 Å². The predicted octanol–water partition coefficient (Wildman–Crippen LogP) is 3.90. The zero-order valence-corrected chi connectivity index (χ0v) is 18.7. The number of hydrogen-bond acceptors (Lipinski definition) is 5. The molecular weight excluding hydrogens is 438 g/mol. The van der Waals surface area contributed by atoms with E-state index in [4.69, 9.17) is 11.6 Å². The van der Waals surface area contributed by atoms with Gasteiger partial charge in [-0.2, -0.15) is 0 Å². The number of Topliss-reactive ketones (excluding diaryl/α,β-unsaturated/α-hetero) is 1. The Hall–Kier alpha value is -3.52. The van der Waals surface area contributed by atoms with Crippen LogP contribution < -0.4 is 0 Å². The summed E-state index contributed by atoms with van der Waals surface area (Å²) in [5.74, 6) is 0.822. The molecule has 0 atom stereocenters. The number of imidazole rings is 2. The van der Waals surface area contributed by atoms with E-state index in [9.17, 15) is 4.79 Å². The molecule has 1 aliphatic carbocycles. The first kappa shape index (κ1) is 20.1. The molecule has 1 saturated carbocycles. The number of ketones is 1. The largest absolute Gasteiger partial charge is 0.306 e. The zero-order chi connectivity index (χ0) is 22.4. The maximum Gasteiger partial charge on any atom is 0.139 e. The van der Waals surface area contributed by atoms with E-state index < -0.39 is 0 Å². The zero-order valence-electron chi connectivity index (χ0n) is 17.9. The van der Waals surface area contributed by atoms with Gasteiger partial charge in [0.15, 0.2) is 0 Å². The van der Waals surface area contributed by atoms with Gasteiger partial charge in [0.2, 0.25) is 0 Å². The molecule has 0 aliphatic heterocycles. The summed E-state index contributed by atoms with van der Waals surface area (Å²) in [6, 6.07) is 7.87. The van der Waals surface area contributed by atoms with Crippen LogP contribution >= 0.6 is 11.6 Å². The van der Waals surface area contributed by atoms with Crippen molar-refractivity contribution in [2.75, 3.05) is 0 Å². The third-order valence-corrected chi connectivity index (χ3v) is 6.32. The lowest BCUT2D eigenvalue weighted by atomic mass is 10.1. The summed E-state index contributed by atoms with van der Waals surface area (Å²) in [5.41, 5.74) is 5.64. The fourth-order valence-corrected chi connectivity index (χ4v) is 4.35. The molecule has 1 aliphatic rings. The maximum atomic E-state index is 12.5. The highest BCUT2D eigenvalue weighted by Gasteiger charge is 2.23. The second-order valence-electron chi connectivity index (χ2n) is 8.69. The minimum atomic E-state index is 0.108. The van der Waals surface area contributed by atoms with Crippen molar-refractivity contribution in [3.63, 3.8) is 0 Å². The molecule has 5 heterocycles. The van der Waals surface area contributed by atoms with Crippen molar-refractivity contribution in [3.8, 4) is 0 Å². The average molecular weight is 460 g/mol. The van der Waals surface area contributed by atoms with Crippen molar-refractivity contribution in [1.29, 1.82) is 0 Å². The number of nitrogens with zero attached hydrogens (tertiary/aromatic N) is 7. The van der Waals surface area contributed by atoms with Gasteiger partial charge in [-0.05, 0) is 42.5 Å². The quantitative estimate of drug-likeness (QED) is 0.351. The average Bonchev–Trinajstić information content (AvgIpc) is 3.25. The third kappa shape index (κ3) is 4.26. The van der Waals surface area contributed by atoms with Crippen LogP contribution in [0.25, 0.3) is 11.2 Å². The summed E-state index contributed by atoms with van der Waals surface area (Å²) >= 11 is 6.08. The Balaban J connectivity index is 1.07. The first-order valence-corrected chi connectivity index (χ1v) is 11.5. The van der Waals surface area contributed by atoms with Crippen LogP contribution in [0.15, 0.2) is 55.4 Å². The number of fused-ring (bicyclic) bond motifs is 2.